The summed E-state index contributed by atoms with van der Waals surface area (Å²) in [6, 6.07) is 9.44. The Balaban J connectivity index is 2.14. The Kier molecular flexibility index (Phi) is 8.67. The summed E-state index contributed by atoms with van der Waals surface area (Å²) in [4.78, 5) is 12.7. The zero-order valence-electron chi connectivity index (χ0n) is 17.6. The molecule has 0 spiro atoms. The molecule has 5 nitrogen and oxygen atoms in total. The van der Waals surface area contributed by atoms with Gasteiger partial charge in [-0.25, -0.2) is 4.79 Å². The Morgan fingerprint density at radius 3 is 2.57 bits per heavy atom. The van der Waals surface area contributed by atoms with Crippen LogP contribution in [0.25, 0.3) is 0 Å². The van der Waals surface area contributed by atoms with E-state index in [0.29, 0.717) is 18.6 Å². The van der Waals surface area contributed by atoms with Gasteiger partial charge in [-0.15, -0.1) is 0 Å². The van der Waals surface area contributed by atoms with Crippen molar-refractivity contribution in [2.75, 3.05) is 6.61 Å². The van der Waals surface area contributed by atoms with E-state index in [1.807, 2.05) is 57.2 Å². The molecular formula is C23H35NO4. The van der Waals surface area contributed by atoms with Gasteiger partial charge in [0.05, 0.1) is 18.8 Å². The van der Waals surface area contributed by atoms with E-state index in [2.05, 4.69) is 6.92 Å². The zero-order valence-corrected chi connectivity index (χ0v) is 17.6. The van der Waals surface area contributed by atoms with Crippen LogP contribution in [0.3, 0.4) is 0 Å². The van der Waals surface area contributed by atoms with Crippen molar-refractivity contribution < 1.29 is 19.0 Å². The smallest absolute Gasteiger partial charge is 0.334 e. The van der Waals surface area contributed by atoms with Gasteiger partial charge in [0.25, 0.3) is 0 Å². The van der Waals surface area contributed by atoms with Gasteiger partial charge in [-0.05, 0) is 39.7 Å². The minimum absolute atomic E-state index is 0.289. The summed E-state index contributed by atoms with van der Waals surface area (Å²) in [5, 5.41) is 0. The number of unbranched alkanes of at least 4 members (excludes halogenated alkanes) is 3. The minimum Gasteiger partial charge on any atom is -0.457 e. The normalized spacial score (nSPS) is 23.5. The SMILES string of the molecule is CCCCCC/C(=C/[C@H]1O[C@@H](c2ccccc2)OC[C@@H]1N)C(=O)OC(C)(C)C. The van der Waals surface area contributed by atoms with Gasteiger partial charge in [0.15, 0.2) is 6.29 Å². The second-order valence-electron chi connectivity index (χ2n) is 8.34. The molecule has 1 saturated heterocycles. The maximum atomic E-state index is 12.7. The van der Waals surface area contributed by atoms with E-state index in [1.165, 1.54) is 0 Å². The summed E-state index contributed by atoms with van der Waals surface area (Å²) in [5.41, 5.74) is 7.27. The van der Waals surface area contributed by atoms with Crippen molar-refractivity contribution in [3.8, 4) is 0 Å². The molecule has 2 rings (SSSR count). The number of carbonyl (C=O) groups is 1. The topological polar surface area (TPSA) is 70.8 Å². The van der Waals surface area contributed by atoms with Crippen LogP contribution in [0.2, 0.25) is 0 Å². The number of carbonyl (C=O) groups excluding carboxylic acids is 1. The highest BCUT2D eigenvalue weighted by Gasteiger charge is 2.31. The molecule has 1 aliphatic rings. The Hall–Kier alpha value is -1.69. The Labute approximate surface area is 169 Å². The molecule has 2 N–H and O–H groups in total. The predicted octanol–water partition coefficient (Wildman–Crippen LogP) is 4.67. The minimum atomic E-state index is -0.537. The van der Waals surface area contributed by atoms with Crippen molar-refractivity contribution in [3.05, 3.63) is 47.5 Å². The molecule has 1 heterocycles. The third kappa shape index (κ3) is 7.38. The quantitative estimate of drug-likeness (QED) is 0.397. The molecule has 156 valence electrons. The van der Waals surface area contributed by atoms with Crippen molar-refractivity contribution in [3.63, 3.8) is 0 Å². The Morgan fingerprint density at radius 2 is 1.93 bits per heavy atom. The van der Waals surface area contributed by atoms with Crippen molar-refractivity contribution in [2.45, 2.75) is 83.8 Å². The van der Waals surface area contributed by atoms with Crippen LogP contribution in [0.15, 0.2) is 42.0 Å². The number of esters is 1. The van der Waals surface area contributed by atoms with E-state index < -0.39 is 18.0 Å². The molecule has 1 aliphatic heterocycles. The van der Waals surface area contributed by atoms with E-state index >= 15 is 0 Å². The first-order valence-corrected chi connectivity index (χ1v) is 10.3. The van der Waals surface area contributed by atoms with Crippen LogP contribution in [0.1, 0.15) is 71.7 Å². The van der Waals surface area contributed by atoms with Gasteiger partial charge in [0, 0.05) is 11.1 Å². The van der Waals surface area contributed by atoms with Gasteiger partial charge in [-0.3, -0.25) is 0 Å². The lowest BCUT2D eigenvalue weighted by atomic mass is 10.0. The predicted molar refractivity (Wildman–Crippen MR) is 111 cm³/mol. The molecule has 0 amide bonds. The molecule has 5 heteroatoms. The number of ether oxygens (including phenoxy) is 3. The third-order valence-corrected chi connectivity index (χ3v) is 4.54. The van der Waals surface area contributed by atoms with Gasteiger partial charge >= 0.3 is 5.97 Å². The molecule has 1 aromatic carbocycles. The van der Waals surface area contributed by atoms with Crippen LogP contribution in [0, 0.1) is 0 Å². The highest BCUT2D eigenvalue weighted by Crippen LogP contribution is 2.28. The molecule has 0 unspecified atom stereocenters. The Bertz CT molecular complexity index is 636. The van der Waals surface area contributed by atoms with Crippen LogP contribution < -0.4 is 5.73 Å². The summed E-state index contributed by atoms with van der Waals surface area (Å²) >= 11 is 0. The van der Waals surface area contributed by atoms with Crippen molar-refractivity contribution in [1.82, 2.24) is 0 Å². The first-order chi connectivity index (χ1) is 13.3. The highest BCUT2D eigenvalue weighted by atomic mass is 16.7. The van der Waals surface area contributed by atoms with Gasteiger partial charge < -0.3 is 19.9 Å². The summed E-state index contributed by atoms with van der Waals surface area (Å²) in [6.07, 6.45) is 5.98. The molecular weight excluding hydrogens is 354 g/mol. The van der Waals surface area contributed by atoms with Crippen molar-refractivity contribution in [2.24, 2.45) is 5.73 Å². The lowest BCUT2D eigenvalue weighted by Gasteiger charge is -2.34. The lowest BCUT2D eigenvalue weighted by molar-refractivity contribution is -0.212. The van der Waals surface area contributed by atoms with Crippen LogP contribution in [-0.4, -0.2) is 30.3 Å². The van der Waals surface area contributed by atoms with E-state index in [1.54, 1.807) is 0 Å². The molecule has 28 heavy (non-hydrogen) atoms. The standard InChI is InChI=1S/C23H35NO4/c1-5-6-7-9-14-18(21(25)28-23(2,3)4)15-20-19(24)16-26-22(27-20)17-12-10-8-11-13-17/h8,10-13,15,19-20,22H,5-7,9,14,16,24H2,1-4H3/b18-15-/t19-,20+,22-/m0/s1. The third-order valence-electron chi connectivity index (χ3n) is 4.54. The second kappa shape index (κ2) is 10.7. The fourth-order valence-electron chi connectivity index (χ4n) is 3.06. The van der Waals surface area contributed by atoms with Crippen LogP contribution in [-0.2, 0) is 19.0 Å². The maximum absolute atomic E-state index is 12.7. The van der Waals surface area contributed by atoms with Crippen molar-refractivity contribution in [1.29, 1.82) is 0 Å². The number of nitrogens with two attached hydrogens (primary N) is 1. The molecule has 3 atom stereocenters. The molecule has 1 aromatic rings. The van der Waals surface area contributed by atoms with E-state index in [-0.39, 0.29) is 12.0 Å². The molecule has 1 fully saturated rings. The molecule has 0 radical (unpaired) electrons. The maximum Gasteiger partial charge on any atom is 0.334 e. The summed E-state index contributed by atoms with van der Waals surface area (Å²) in [6.45, 7) is 8.17. The van der Waals surface area contributed by atoms with Crippen LogP contribution in [0.4, 0.5) is 0 Å². The summed E-state index contributed by atoms with van der Waals surface area (Å²) < 4.78 is 17.5. The van der Waals surface area contributed by atoms with Crippen LogP contribution >= 0.6 is 0 Å². The largest absolute Gasteiger partial charge is 0.457 e. The van der Waals surface area contributed by atoms with E-state index in [9.17, 15) is 4.79 Å². The first kappa shape index (κ1) is 22.6. The summed E-state index contributed by atoms with van der Waals surface area (Å²) in [7, 11) is 0. The average Bonchev–Trinajstić information content (AvgIpc) is 2.65. The molecule has 0 saturated carbocycles. The number of rotatable bonds is 8. The average molecular weight is 390 g/mol. The fourth-order valence-corrected chi connectivity index (χ4v) is 3.06. The number of hydrogen-bond donors (Lipinski definition) is 1. The molecule has 0 aromatic heterocycles. The fraction of sp³-hybridized carbons (Fsp3) is 0.609. The number of hydrogen-bond acceptors (Lipinski definition) is 5. The van der Waals surface area contributed by atoms with E-state index in [0.717, 1.165) is 31.2 Å². The Morgan fingerprint density at radius 1 is 1.21 bits per heavy atom. The van der Waals surface area contributed by atoms with Gasteiger partial charge in [-0.1, -0.05) is 56.5 Å². The molecule has 0 bridgehead atoms. The van der Waals surface area contributed by atoms with E-state index in [4.69, 9.17) is 19.9 Å². The van der Waals surface area contributed by atoms with Gasteiger partial charge in [0.1, 0.15) is 5.60 Å². The zero-order chi connectivity index (χ0) is 20.6. The van der Waals surface area contributed by atoms with Gasteiger partial charge in [-0.2, -0.15) is 0 Å². The number of benzene rings is 1. The first-order valence-electron chi connectivity index (χ1n) is 10.3. The highest BCUT2D eigenvalue weighted by molar-refractivity contribution is 5.88. The lowest BCUT2D eigenvalue weighted by Crippen LogP contribution is -2.45. The van der Waals surface area contributed by atoms with Crippen LogP contribution in [0.5, 0.6) is 0 Å². The monoisotopic (exact) mass is 389 g/mol. The van der Waals surface area contributed by atoms with Crippen molar-refractivity contribution >= 4 is 5.97 Å². The van der Waals surface area contributed by atoms with Gasteiger partial charge in [0.2, 0.25) is 0 Å². The second-order valence-corrected chi connectivity index (χ2v) is 8.34. The molecule has 0 aliphatic carbocycles. The summed E-state index contributed by atoms with van der Waals surface area (Å²) in [5.74, 6) is -0.289.